The van der Waals surface area contributed by atoms with Crippen LogP contribution in [0.2, 0.25) is 0 Å². The summed E-state index contributed by atoms with van der Waals surface area (Å²) in [6.07, 6.45) is 0. The van der Waals surface area contributed by atoms with Crippen LogP contribution >= 0.6 is 0 Å². The lowest BCUT2D eigenvalue weighted by Crippen LogP contribution is -2.17. The third-order valence-corrected chi connectivity index (χ3v) is 7.49. The van der Waals surface area contributed by atoms with Gasteiger partial charge in [-0.3, -0.25) is 4.79 Å². The van der Waals surface area contributed by atoms with E-state index in [1.54, 1.807) is 54.6 Å². The maximum atomic E-state index is 13.8. The highest BCUT2D eigenvalue weighted by molar-refractivity contribution is 6.03. The van der Waals surface area contributed by atoms with E-state index in [4.69, 9.17) is 18.9 Å². The first-order chi connectivity index (χ1) is 24.7. The summed E-state index contributed by atoms with van der Waals surface area (Å²) in [7, 11) is 0. The summed E-state index contributed by atoms with van der Waals surface area (Å²) in [6.45, 7) is 1.13. The summed E-state index contributed by atoms with van der Waals surface area (Å²) in [5.74, 6) is -5.15. The van der Waals surface area contributed by atoms with E-state index >= 15 is 0 Å². The number of ether oxygens (including phenoxy) is 4. The van der Waals surface area contributed by atoms with Crippen molar-refractivity contribution in [1.82, 2.24) is 0 Å². The SMILES string of the molecule is CC(=O)Oc1c(OC(=O)c2ccccc2)c(-c2ccc(O)cc2)c(OC(=O)c2ccccc2)c(OC(=O)c2ccccc2)c1-c1ccc(O)cc1. The van der Waals surface area contributed by atoms with Crippen molar-refractivity contribution in [2.45, 2.75) is 6.92 Å². The number of phenolic OH excluding ortho intramolecular Hbond substituents is 2. The topological polar surface area (TPSA) is 146 Å². The molecule has 0 saturated carbocycles. The number of aromatic hydroxyl groups is 2. The molecule has 51 heavy (non-hydrogen) atoms. The first-order valence-electron chi connectivity index (χ1n) is 15.5. The van der Waals surface area contributed by atoms with E-state index in [0.717, 1.165) is 6.92 Å². The molecule has 0 spiro atoms. The summed E-state index contributed by atoms with van der Waals surface area (Å²) in [6, 6.07) is 35.2. The molecule has 0 aliphatic rings. The van der Waals surface area contributed by atoms with Gasteiger partial charge >= 0.3 is 23.9 Å². The van der Waals surface area contributed by atoms with Gasteiger partial charge in [0.2, 0.25) is 0 Å². The summed E-state index contributed by atoms with van der Waals surface area (Å²) < 4.78 is 24.0. The molecule has 0 unspecified atom stereocenters. The van der Waals surface area contributed by atoms with Crippen LogP contribution in [-0.2, 0) is 4.79 Å². The van der Waals surface area contributed by atoms with Crippen LogP contribution in [0.5, 0.6) is 34.5 Å². The van der Waals surface area contributed by atoms with E-state index in [1.807, 2.05) is 0 Å². The van der Waals surface area contributed by atoms with Gasteiger partial charge in [-0.2, -0.15) is 0 Å². The minimum Gasteiger partial charge on any atom is -0.508 e. The lowest BCUT2D eigenvalue weighted by atomic mass is 9.94. The highest BCUT2D eigenvalue weighted by Gasteiger charge is 2.35. The highest BCUT2D eigenvalue weighted by atomic mass is 16.6. The fourth-order valence-corrected chi connectivity index (χ4v) is 5.15. The van der Waals surface area contributed by atoms with Crippen molar-refractivity contribution in [3.63, 3.8) is 0 Å². The molecule has 0 aliphatic carbocycles. The fraction of sp³-hybridized carbons (Fsp3) is 0.0244. The Morgan fingerprint density at radius 2 is 0.667 bits per heavy atom. The zero-order valence-electron chi connectivity index (χ0n) is 26.9. The number of rotatable bonds is 9. The maximum Gasteiger partial charge on any atom is 0.343 e. The van der Waals surface area contributed by atoms with Crippen LogP contribution in [0.15, 0.2) is 140 Å². The van der Waals surface area contributed by atoms with E-state index < -0.39 is 23.9 Å². The lowest BCUT2D eigenvalue weighted by Gasteiger charge is -2.24. The Morgan fingerprint density at radius 3 is 0.941 bits per heavy atom. The Hall–Kier alpha value is -7.20. The standard InChI is InChI=1S/C41H28O10/c1-25(42)48-35-33(26-17-21-31(43)22-18-26)37(50-40(46)29-13-7-3-8-14-29)38(51-41(47)30-15-9-4-10-16-30)34(27-19-23-32(44)24-20-27)36(35)49-39(45)28-11-5-2-6-12-28/h2-24,43-44H,1H3. The Balaban J connectivity index is 1.75. The number of carbonyl (C=O) groups excluding carboxylic acids is 4. The van der Waals surface area contributed by atoms with Gasteiger partial charge in [0.05, 0.1) is 27.8 Å². The number of esters is 4. The van der Waals surface area contributed by atoms with Gasteiger partial charge in [0.15, 0.2) is 23.0 Å². The monoisotopic (exact) mass is 680 g/mol. The summed E-state index contributed by atoms with van der Waals surface area (Å²) >= 11 is 0. The minimum atomic E-state index is -0.870. The van der Waals surface area contributed by atoms with E-state index in [0.29, 0.717) is 0 Å². The molecule has 0 heterocycles. The highest BCUT2D eigenvalue weighted by Crippen LogP contribution is 2.58. The molecular formula is C41H28O10. The van der Waals surface area contributed by atoms with Crippen LogP contribution < -0.4 is 18.9 Å². The van der Waals surface area contributed by atoms with E-state index in [9.17, 15) is 29.4 Å². The predicted molar refractivity (Wildman–Crippen MR) is 186 cm³/mol. The summed E-state index contributed by atoms with van der Waals surface area (Å²) in [5.41, 5.74) is 0.578. The Morgan fingerprint density at radius 1 is 0.392 bits per heavy atom. The molecule has 2 N–H and O–H groups in total. The smallest absolute Gasteiger partial charge is 0.343 e. The molecule has 0 radical (unpaired) electrons. The molecule has 0 saturated heterocycles. The van der Waals surface area contributed by atoms with Gasteiger partial charge < -0.3 is 29.2 Å². The third-order valence-electron chi connectivity index (χ3n) is 7.49. The fourth-order valence-electron chi connectivity index (χ4n) is 5.15. The molecule has 0 atom stereocenters. The van der Waals surface area contributed by atoms with Crippen molar-refractivity contribution in [1.29, 1.82) is 0 Å². The molecule has 0 aromatic heterocycles. The van der Waals surface area contributed by atoms with Gasteiger partial charge in [-0.05, 0) is 71.8 Å². The number of hydrogen-bond acceptors (Lipinski definition) is 10. The van der Waals surface area contributed by atoms with Gasteiger partial charge in [0, 0.05) is 6.92 Å². The zero-order chi connectivity index (χ0) is 35.9. The summed E-state index contributed by atoms with van der Waals surface area (Å²) in [5, 5.41) is 20.4. The molecule has 0 fully saturated rings. The molecule has 0 bridgehead atoms. The summed E-state index contributed by atoms with van der Waals surface area (Å²) in [4.78, 5) is 54.2. The van der Waals surface area contributed by atoms with Crippen LogP contribution in [0.3, 0.4) is 0 Å². The number of phenols is 2. The van der Waals surface area contributed by atoms with Crippen LogP contribution in [0, 0.1) is 0 Å². The number of carbonyl (C=O) groups is 4. The average Bonchev–Trinajstić information content (AvgIpc) is 3.15. The van der Waals surface area contributed by atoms with E-state index in [-0.39, 0.29) is 73.4 Å². The normalized spacial score (nSPS) is 10.5. The molecule has 252 valence electrons. The zero-order valence-corrected chi connectivity index (χ0v) is 26.9. The van der Waals surface area contributed by atoms with Crippen molar-refractivity contribution in [2.24, 2.45) is 0 Å². The van der Waals surface area contributed by atoms with Crippen molar-refractivity contribution in [3.8, 4) is 56.8 Å². The van der Waals surface area contributed by atoms with Crippen molar-refractivity contribution >= 4 is 23.9 Å². The Labute approximate surface area is 291 Å². The van der Waals surface area contributed by atoms with Crippen molar-refractivity contribution in [3.05, 3.63) is 156 Å². The maximum absolute atomic E-state index is 13.8. The van der Waals surface area contributed by atoms with Gasteiger partial charge in [-0.15, -0.1) is 0 Å². The predicted octanol–water partition coefficient (Wildman–Crippen LogP) is 8.01. The third kappa shape index (κ3) is 7.60. The molecular weight excluding hydrogens is 652 g/mol. The van der Waals surface area contributed by atoms with Crippen LogP contribution in [-0.4, -0.2) is 34.1 Å². The van der Waals surface area contributed by atoms with Gasteiger partial charge in [0.1, 0.15) is 11.5 Å². The second-order valence-electron chi connectivity index (χ2n) is 11.0. The average molecular weight is 681 g/mol. The van der Waals surface area contributed by atoms with Crippen LogP contribution in [0.25, 0.3) is 22.3 Å². The van der Waals surface area contributed by atoms with Gasteiger partial charge in [-0.1, -0.05) is 78.9 Å². The molecule has 10 nitrogen and oxygen atoms in total. The van der Waals surface area contributed by atoms with Crippen LogP contribution in [0.4, 0.5) is 0 Å². The first kappa shape index (κ1) is 33.7. The van der Waals surface area contributed by atoms with Crippen LogP contribution in [0.1, 0.15) is 38.0 Å². The van der Waals surface area contributed by atoms with E-state index in [1.165, 1.54) is 84.9 Å². The van der Waals surface area contributed by atoms with E-state index in [2.05, 4.69) is 0 Å². The van der Waals surface area contributed by atoms with Gasteiger partial charge in [-0.25, -0.2) is 14.4 Å². The minimum absolute atomic E-state index is 0.109. The molecule has 6 aromatic carbocycles. The lowest BCUT2D eigenvalue weighted by molar-refractivity contribution is -0.131. The first-order valence-corrected chi connectivity index (χ1v) is 15.5. The molecule has 10 heteroatoms. The molecule has 6 aromatic rings. The van der Waals surface area contributed by atoms with Crippen molar-refractivity contribution in [2.75, 3.05) is 0 Å². The molecule has 0 amide bonds. The second kappa shape index (κ2) is 14.9. The number of hydrogen-bond donors (Lipinski definition) is 2. The largest absolute Gasteiger partial charge is 0.508 e. The second-order valence-corrected chi connectivity index (χ2v) is 11.0. The van der Waals surface area contributed by atoms with Crippen molar-refractivity contribution < 1.29 is 48.3 Å². The quantitative estimate of drug-likeness (QED) is 0.114. The molecule has 6 rings (SSSR count). The Bertz CT molecular complexity index is 2210. The van der Waals surface area contributed by atoms with Gasteiger partial charge in [0.25, 0.3) is 0 Å². The number of benzene rings is 6. The Kier molecular flexibility index (Phi) is 9.86. The molecule has 0 aliphatic heterocycles.